The molecule has 5 heteroatoms. The molecule has 0 aliphatic rings. The van der Waals surface area contributed by atoms with E-state index in [1.165, 1.54) is 0 Å². The summed E-state index contributed by atoms with van der Waals surface area (Å²) < 4.78 is 0. The summed E-state index contributed by atoms with van der Waals surface area (Å²) in [6.07, 6.45) is 0.0854. The van der Waals surface area contributed by atoms with Crippen LogP contribution in [0.3, 0.4) is 0 Å². The maximum Gasteiger partial charge on any atom is 0.356 e. The molecule has 1 atom stereocenters. The standard InChI is InChI=1S/C12H14O5/c1-2-16-17-12(15)10(11(13)14)8-9-6-4-3-5-7-9/h3-7,10H,2,8H2,1H3,(H,13,14). The van der Waals surface area contributed by atoms with Gasteiger partial charge in [0.15, 0.2) is 5.92 Å². The molecule has 92 valence electrons. The first-order valence-electron chi connectivity index (χ1n) is 5.25. The Morgan fingerprint density at radius 3 is 2.47 bits per heavy atom. The number of benzene rings is 1. The average molecular weight is 238 g/mol. The summed E-state index contributed by atoms with van der Waals surface area (Å²) in [5, 5.41) is 8.95. The van der Waals surface area contributed by atoms with Crippen molar-refractivity contribution in [3.63, 3.8) is 0 Å². The Hall–Kier alpha value is -1.88. The molecule has 0 heterocycles. The van der Waals surface area contributed by atoms with E-state index in [1.54, 1.807) is 31.2 Å². The summed E-state index contributed by atoms with van der Waals surface area (Å²) >= 11 is 0. The SMILES string of the molecule is CCOOC(=O)C(Cc1ccccc1)C(=O)O. The smallest absolute Gasteiger partial charge is 0.356 e. The fraction of sp³-hybridized carbons (Fsp3) is 0.333. The highest BCUT2D eigenvalue weighted by Crippen LogP contribution is 2.11. The first-order chi connectivity index (χ1) is 8.15. The van der Waals surface area contributed by atoms with Gasteiger partial charge < -0.3 is 5.11 Å². The van der Waals surface area contributed by atoms with E-state index in [2.05, 4.69) is 9.78 Å². The Balaban J connectivity index is 2.67. The van der Waals surface area contributed by atoms with Gasteiger partial charge in [0.05, 0.1) is 6.61 Å². The maximum atomic E-state index is 11.4. The Labute approximate surface area is 98.9 Å². The molecule has 1 N–H and O–H groups in total. The molecule has 1 aromatic rings. The second-order valence-corrected chi connectivity index (χ2v) is 3.39. The Morgan fingerprint density at radius 2 is 1.94 bits per heavy atom. The molecule has 0 amide bonds. The van der Waals surface area contributed by atoms with E-state index in [0.717, 1.165) is 5.56 Å². The third-order valence-corrected chi connectivity index (χ3v) is 2.12. The molecule has 1 unspecified atom stereocenters. The van der Waals surface area contributed by atoms with Crippen molar-refractivity contribution in [1.82, 2.24) is 0 Å². The zero-order chi connectivity index (χ0) is 12.7. The van der Waals surface area contributed by atoms with Crippen LogP contribution in [0.5, 0.6) is 0 Å². The normalized spacial score (nSPS) is 11.8. The van der Waals surface area contributed by atoms with Crippen molar-refractivity contribution < 1.29 is 24.5 Å². The van der Waals surface area contributed by atoms with Gasteiger partial charge >= 0.3 is 11.9 Å². The van der Waals surface area contributed by atoms with E-state index in [0.29, 0.717) is 0 Å². The number of hydrogen-bond acceptors (Lipinski definition) is 4. The van der Waals surface area contributed by atoms with E-state index >= 15 is 0 Å². The highest BCUT2D eigenvalue weighted by Gasteiger charge is 2.29. The summed E-state index contributed by atoms with van der Waals surface area (Å²) in [5.41, 5.74) is 0.758. The number of carbonyl (C=O) groups is 2. The molecule has 1 rings (SSSR count). The van der Waals surface area contributed by atoms with Crippen LogP contribution in [-0.4, -0.2) is 23.7 Å². The fourth-order valence-electron chi connectivity index (χ4n) is 1.30. The van der Waals surface area contributed by atoms with Crippen LogP contribution in [0, 0.1) is 5.92 Å². The monoisotopic (exact) mass is 238 g/mol. The molecular weight excluding hydrogens is 224 g/mol. The van der Waals surface area contributed by atoms with Crippen LogP contribution in [0.4, 0.5) is 0 Å². The molecule has 1 aromatic carbocycles. The molecule has 0 fully saturated rings. The van der Waals surface area contributed by atoms with Gasteiger partial charge in [-0.05, 0) is 18.9 Å². The van der Waals surface area contributed by atoms with Gasteiger partial charge in [-0.2, -0.15) is 4.89 Å². The molecule has 5 nitrogen and oxygen atoms in total. The second kappa shape index (κ2) is 6.65. The molecule has 0 bridgehead atoms. The summed E-state index contributed by atoms with van der Waals surface area (Å²) in [7, 11) is 0. The van der Waals surface area contributed by atoms with Gasteiger partial charge in [0, 0.05) is 0 Å². The van der Waals surface area contributed by atoms with Crippen molar-refractivity contribution >= 4 is 11.9 Å². The first-order valence-corrected chi connectivity index (χ1v) is 5.25. The van der Waals surface area contributed by atoms with E-state index < -0.39 is 17.9 Å². The van der Waals surface area contributed by atoms with E-state index in [4.69, 9.17) is 5.11 Å². The third-order valence-electron chi connectivity index (χ3n) is 2.12. The zero-order valence-corrected chi connectivity index (χ0v) is 9.46. The minimum absolute atomic E-state index is 0.0854. The maximum absolute atomic E-state index is 11.4. The quantitative estimate of drug-likeness (QED) is 0.461. The Morgan fingerprint density at radius 1 is 1.29 bits per heavy atom. The lowest BCUT2D eigenvalue weighted by atomic mass is 10.00. The van der Waals surface area contributed by atoms with Gasteiger partial charge in [-0.3, -0.25) is 9.68 Å². The summed E-state index contributed by atoms with van der Waals surface area (Å²) in [6, 6.07) is 8.88. The topological polar surface area (TPSA) is 72.8 Å². The highest BCUT2D eigenvalue weighted by molar-refractivity contribution is 5.93. The number of aliphatic carboxylic acids is 1. The minimum Gasteiger partial charge on any atom is -0.481 e. The predicted molar refractivity (Wildman–Crippen MR) is 59.0 cm³/mol. The summed E-state index contributed by atoms with van der Waals surface area (Å²) in [5.74, 6) is -3.36. The number of carboxylic acid groups (broad SMARTS) is 1. The molecule has 0 aromatic heterocycles. The van der Waals surface area contributed by atoms with Crippen molar-refractivity contribution in [3.05, 3.63) is 35.9 Å². The number of carbonyl (C=O) groups excluding carboxylic acids is 1. The van der Waals surface area contributed by atoms with Gasteiger partial charge in [-0.1, -0.05) is 30.3 Å². The molecule has 0 saturated carbocycles. The number of rotatable bonds is 6. The van der Waals surface area contributed by atoms with Gasteiger partial charge in [-0.15, -0.1) is 0 Å². The molecule has 17 heavy (non-hydrogen) atoms. The van der Waals surface area contributed by atoms with Crippen LogP contribution in [0.1, 0.15) is 12.5 Å². The lowest BCUT2D eigenvalue weighted by Gasteiger charge is -2.10. The van der Waals surface area contributed by atoms with Crippen molar-refractivity contribution in [3.8, 4) is 0 Å². The van der Waals surface area contributed by atoms with Gasteiger partial charge in [0.2, 0.25) is 0 Å². The van der Waals surface area contributed by atoms with E-state index in [9.17, 15) is 9.59 Å². The lowest BCUT2D eigenvalue weighted by molar-refractivity contribution is -0.273. The molecular formula is C12H14O5. The largest absolute Gasteiger partial charge is 0.481 e. The van der Waals surface area contributed by atoms with Crippen LogP contribution in [0.25, 0.3) is 0 Å². The third kappa shape index (κ3) is 4.24. The van der Waals surface area contributed by atoms with E-state index in [1.807, 2.05) is 6.07 Å². The lowest BCUT2D eigenvalue weighted by Crippen LogP contribution is -2.28. The van der Waals surface area contributed by atoms with Gasteiger partial charge in [-0.25, -0.2) is 4.79 Å². The van der Waals surface area contributed by atoms with Crippen molar-refractivity contribution in [2.75, 3.05) is 6.61 Å². The van der Waals surface area contributed by atoms with Crippen molar-refractivity contribution in [2.24, 2.45) is 5.92 Å². The van der Waals surface area contributed by atoms with Crippen LogP contribution in [0.15, 0.2) is 30.3 Å². The molecule has 0 saturated heterocycles. The molecule has 0 aliphatic carbocycles. The van der Waals surface area contributed by atoms with Crippen LogP contribution < -0.4 is 0 Å². The minimum atomic E-state index is -1.25. The van der Waals surface area contributed by atoms with E-state index in [-0.39, 0.29) is 13.0 Å². The Kier molecular flexibility index (Phi) is 5.16. The first kappa shape index (κ1) is 13.2. The van der Waals surface area contributed by atoms with Crippen LogP contribution in [0.2, 0.25) is 0 Å². The number of hydrogen-bond donors (Lipinski definition) is 1. The Bertz CT molecular complexity index is 374. The fourth-order valence-corrected chi connectivity index (χ4v) is 1.30. The van der Waals surface area contributed by atoms with Crippen LogP contribution in [-0.2, 0) is 25.8 Å². The van der Waals surface area contributed by atoms with Crippen molar-refractivity contribution in [1.29, 1.82) is 0 Å². The zero-order valence-electron chi connectivity index (χ0n) is 9.46. The van der Waals surface area contributed by atoms with Crippen LogP contribution >= 0.6 is 0 Å². The number of carboxylic acids is 1. The summed E-state index contributed by atoms with van der Waals surface area (Å²) in [4.78, 5) is 31.2. The second-order valence-electron chi connectivity index (χ2n) is 3.39. The molecule has 0 spiro atoms. The predicted octanol–water partition coefficient (Wildman–Crippen LogP) is 1.42. The van der Waals surface area contributed by atoms with Gasteiger partial charge in [0.25, 0.3) is 0 Å². The summed E-state index contributed by atoms with van der Waals surface area (Å²) in [6.45, 7) is 1.82. The van der Waals surface area contributed by atoms with Gasteiger partial charge in [0.1, 0.15) is 0 Å². The molecule has 0 radical (unpaired) electrons. The molecule has 0 aliphatic heterocycles. The van der Waals surface area contributed by atoms with Crippen molar-refractivity contribution in [2.45, 2.75) is 13.3 Å². The average Bonchev–Trinajstić information content (AvgIpc) is 2.34. The highest BCUT2D eigenvalue weighted by atomic mass is 17.2.